The smallest absolute Gasteiger partial charge is 0.275 e. The van der Waals surface area contributed by atoms with E-state index in [4.69, 9.17) is 0 Å². The van der Waals surface area contributed by atoms with E-state index < -0.39 is 0 Å². The standard InChI is InChI=1S/C25H18FN5O2S/c1-14(32)27-25-31-22(13-34-25)24(33)28-19-8-5-15(6-9-19)16-3-2-4-17(11-16)23-29-20-10-7-18(26)12-21(20)30-23/h2-13H,1H3,(H,28,33)(H,29,30)(H,27,31,32). The normalized spacial score (nSPS) is 10.9. The van der Waals surface area contributed by atoms with Crippen LogP contribution in [0.4, 0.5) is 15.2 Å². The summed E-state index contributed by atoms with van der Waals surface area (Å²) < 4.78 is 13.5. The molecule has 0 atom stereocenters. The van der Waals surface area contributed by atoms with Crippen LogP contribution in [0, 0.1) is 5.82 Å². The first-order valence-corrected chi connectivity index (χ1v) is 11.2. The lowest BCUT2D eigenvalue weighted by molar-refractivity contribution is -0.114. The van der Waals surface area contributed by atoms with Gasteiger partial charge in [-0.1, -0.05) is 30.3 Å². The number of aromatic nitrogens is 3. The van der Waals surface area contributed by atoms with E-state index in [1.54, 1.807) is 11.4 Å². The SMILES string of the molecule is CC(=O)Nc1nc(C(=O)Nc2ccc(-c3cccc(-c4nc5ccc(F)cc5[nH]4)c3)cc2)cs1. The van der Waals surface area contributed by atoms with Gasteiger partial charge in [-0.25, -0.2) is 14.4 Å². The lowest BCUT2D eigenvalue weighted by Gasteiger charge is -2.07. The number of aromatic amines is 1. The molecule has 2 aromatic heterocycles. The Bertz CT molecular complexity index is 1520. The van der Waals surface area contributed by atoms with Crippen molar-refractivity contribution in [2.45, 2.75) is 6.92 Å². The van der Waals surface area contributed by atoms with Crippen molar-refractivity contribution in [3.05, 3.63) is 83.6 Å². The van der Waals surface area contributed by atoms with Crippen LogP contribution in [0.2, 0.25) is 0 Å². The number of H-pyrrole nitrogens is 1. The summed E-state index contributed by atoms with van der Waals surface area (Å²) in [5, 5.41) is 7.34. The Kier molecular flexibility index (Phi) is 5.60. The largest absolute Gasteiger partial charge is 0.338 e. The maximum atomic E-state index is 13.5. The monoisotopic (exact) mass is 471 g/mol. The topological polar surface area (TPSA) is 99.8 Å². The van der Waals surface area contributed by atoms with Crippen molar-refractivity contribution in [1.82, 2.24) is 15.0 Å². The number of halogens is 1. The van der Waals surface area contributed by atoms with Crippen molar-refractivity contribution < 1.29 is 14.0 Å². The number of amides is 2. The number of anilines is 2. The number of thiazole rings is 1. The maximum Gasteiger partial charge on any atom is 0.275 e. The second-order valence-corrected chi connectivity index (χ2v) is 8.44. The van der Waals surface area contributed by atoms with Crippen LogP contribution in [0.25, 0.3) is 33.5 Å². The number of fused-ring (bicyclic) bond motifs is 1. The van der Waals surface area contributed by atoms with Gasteiger partial charge in [-0.05, 0) is 47.5 Å². The summed E-state index contributed by atoms with van der Waals surface area (Å²) in [7, 11) is 0. The third-order valence-electron chi connectivity index (χ3n) is 5.08. The van der Waals surface area contributed by atoms with Gasteiger partial charge in [0.05, 0.1) is 11.0 Å². The van der Waals surface area contributed by atoms with Gasteiger partial charge in [-0.2, -0.15) is 0 Å². The van der Waals surface area contributed by atoms with Crippen LogP contribution in [0.3, 0.4) is 0 Å². The van der Waals surface area contributed by atoms with E-state index in [-0.39, 0.29) is 23.3 Å². The molecular weight excluding hydrogens is 453 g/mol. The average molecular weight is 472 g/mol. The summed E-state index contributed by atoms with van der Waals surface area (Å²) in [6.07, 6.45) is 0. The molecule has 0 saturated heterocycles. The molecule has 0 radical (unpaired) electrons. The van der Waals surface area contributed by atoms with Crippen LogP contribution in [0.5, 0.6) is 0 Å². The molecule has 0 unspecified atom stereocenters. The van der Waals surface area contributed by atoms with E-state index in [9.17, 15) is 14.0 Å². The van der Waals surface area contributed by atoms with Crippen molar-refractivity contribution in [1.29, 1.82) is 0 Å². The Labute approximate surface area is 197 Å². The quantitative estimate of drug-likeness (QED) is 0.306. The number of hydrogen-bond acceptors (Lipinski definition) is 5. The molecule has 5 rings (SSSR count). The zero-order valence-electron chi connectivity index (χ0n) is 17.9. The molecule has 2 heterocycles. The highest BCUT2D eigenvalue weighted by Gasteiger charge is 2.12. The first-order valence-electron chi connectivity index (χ1n) is 10.4. The van der Waals surface area contributed by atoms with Crippen LogP contribution in [-0.2, 0) is 4.79 Å². The summed E-state index contributed by atoms with van der Waals surface area (Å²) in [4.78, 5) is 35.4. The summed E-state index contributed by atoms with van der Waals surface area (Å²) in [6.45, 7) is 1.39. The molecule has 0 aliphatic heterocycles. The van der Waals surface area contributed by atoms with Crippen molar-refractivity contribution in [2.24, 2.45) is 0 Å². The van der Waals surface area contributed by atoms with Gasteiger partial charge in [0.2, 0.25) is 5.91 Å². The minimum Gasteiger partial charge on any atom is -0.338 e. The van der Waals surface area contributed by atoms with Gasteiger partial charge in [0.25, 0.3) is 5.91 Å². The van der Waals surface area contributed by atoms with Crippen molar-refractivity contribution in [3.63, 3.8) is 0 Å². The minimum atomic E-state index is -0.357. The van der Waals surface area contributed by atoms with E-state index >= 15 is 0 Å². The molecule has 0 saturated carbocycles. The van der Waals surface area contributed by atoms with Gasteiger partial charge in [-0.3, -0.25) is 9.59 Å². The first-order chi connectivity index (χ1) is 16.4. The molecule has 168 valence electrons. The van der Waals surface area contributed by atoms with E-state index in [0.29, 0.717) is 27.7 Å². The fourth-order valence-corrected chi connectivity index (χ4v) is 4.23. The number of imidazole rings is 1. The fraction of sp³-hybridized carbons (Fsp3) is 0.0400. The summed E-state index contributed by atoms with van der Waals surface area (Å²) >= 11 is 1.19. The average Bonchev–Trinajstić information content (AvgIpc) is 3.46. The molecule has 2 amide bonds. The second-order valence-electron chi connectivity index (χ2n) is 7.58. The van der Waals surface area contributed by atoms with Crippen LogP contribution in [-0.4, -0.2) is 26.8 Å². The van der Waals surface area contributed by atoms with Crippen molar-refractivity contribution in [2.75, 3.05) is 10.6 Å². The highest BCUT2D eigenvalue weighted by atomic mass is 32.1. The molecule has 3 N–H and O–H groups in total. The Morgan fingerprint density at radius 3 is 2.50 bits per heavy atom. The zero-order chi connectivity index (χ0) is 23.7. The highest BCUT2D eigenvalue weighted by molar-refractivity contribution is 7.14. The Balaban J connectivity index is 1.32. The predicted molar refractivity (Wildman–Crippen MR) is 131 cm³/mol. The Morgan fingerprint density at radius 2 is 1.71 bits per heavy atom. The van der Waals surface area contributed by atoms with Crippen molar-refractivity contribution >= 4 is 45.0 Å². The summed E-state index contributed by atoms with van der Waals surface area (Å²) in [5.74, 6) is -0.251. The molecule has 5 aromatic rings. The fourth-order valence-electron chi connectivity index (χ4n) is 3.49. The molecule has 0 bridgehead atoms. The molecule has 7 nitrogen and oxygen atoms in total. The van der Waals surface area contributed by atoms with E-state index in [2.05, 4.69) is 25.6 Å². The van der Waals surface area contributed by atoms with Crippen LogP contribution >= 0.6 is 11.3 Å². The number of hydrogen-bond donors (Lipinski definition) is 3. The molecule has 0 aliphatic rings. The van der Waals surface area contributed by atoms with Crippen LogP contribution < -0.4 is 10.6 Å². The number of carbonyl (C=O) groups is 2. The van der Waals surface area contributed by atoms with Gasteiger partial charge >= 0.3 is 0 Å². The molecular formula is C25H18FN5O2S. The lowest BCUT2D eigenvalue weighted by atomic mass is 10.0. The van der Waals surface area contributed by atoms with Crippen LogP contribution in [0.15, 0.2) is 72.1 Å². The molecule has 9 heteroatoms. The van der Waals surface area contributed by atoms with E-state index in [0.717, 1.165) is 16.7 Å². The Hall–Kier alpha value is -4.37. The maximum absolute atomic E-state index is 13.5. The molecule has 3 aromatic carbocycles. The third-order valence-corrected chi connectivity index (χ3v) is 5.83. The second kappa shape index (κ2) is 8.87. The third kappa shape index (κ3) is 4.55. The number of benzene rings is 3. The molecule has 0 spiro atoms. The summed E-state index contributed by atoms with van der Waals surface area (Å²) in [6, 6.07) is 19.8. The van der Waals surface area contributed by atoms with Gasteiger partial charge in [0.1, 0.15) is 17.3 Å². The number of nitrogens with zero attached hydrogens (tertiary/aromatic N) is 2. The van der Waals surface area contributed by atoms with Gasteiger partial charge in [0, 0.05) is 23.6 Å². The molecule has 34 heavy (non-hydrogen) atoms. The van der Waals surface area contributed by atoms with Crippen molar-refractivity contribution in [3.8, 4) is 22.5 Å². The summed E-state index contributed by atoms with van der Waals surface area (Å²) in [5.41, 5.74) is 5.01. The predicted octanol–water partition coefficient (Wildman–Crippen LogP) is 5.70. The van der Waals surface area contributed by atoms with E-state index in [1.165, 1.54) is 30.4 Å². The first kappa shape index (κ1) is 21.5. The van der Waals surface area contributed by atoms with Gasteiger partial charge in [-0.15, -0.1) is 11.3 Å². The Morgan fingerprint density at radius 1 is 0.912 bits per heavy atom. The van der Waals surface area contributed by atoms with Crippen LogP contribution in [0.1, 0.15) is 17.4 Å². The molecule has 0 fully saturated rings. The number of nitrogens with one attached hydrogen (secondary N) is 3. The molecule has 0 aliphatic carbocycles. The number of carbonyl (C=O) groups excluding carboxylic acids is 2. The van der Waals surface area contributed by atoms with Gasteiger partial charge in [0.15, 0.2) is 5.13 Å². The lowest BCUT2D eigenvalue weighted by Crippen LogP contribution is -2.13. The highest BCUT2D eigenvalue weighted by Crippen LogP contribution is 2.28. The van der Waals surface area contributed by atoms with E-state index in [1.807, 2.05) is 48.5 Å². The zero-order valence-corrected chi connectivity index (χ0v) is 18.7. The van der Waals surface area contributed by atoms with Gasteiger partial charge < -0.3 is 15.6 Å². The number of rotatable bonds is 5. The minimum absolute atomic E-state index is 0.233.